The molecular formula is C15H20N2O2. The Balaban J connectivity index is 2.41. The molecule has 4 nitrogen and oxygen atoms in total. The van der Waals surface area contributed by atoms with Crippen molar-refractivity contribution < 1.29 is 9.15 Å². The van der Waals surface area contributed by atoms with Gasteiger partial charge in [0.05, 0.1) is 19.3 Å². The summed E-state index contributed by atoms with van der Waals surface area (Å²) in [7, 11) is 1.65. The smallest absolute Gasteiger partial charge is 0.137 e. The fourth-order valence-electron chi connectivity index (χ4n) is 2.25. The summed E-state index contributed by atoms with van der Waals surface area (Å²) in [6.45, 7) is 6.90. The van der Waals surface area contributed by atoms with Gasteiger partial charge in [0.2, 0.25) is 0 Å². The van der Waals surface area contributed by atoms with Crippen LogP contribution in [0.4, 0.5) is 0 Å². The molecule has 0 aromatic carbocycles. The van der Waals surface area contributed by atoms with Gasteiger partial charge in [0.25, 0.3) is 0 Å². The number of furan rings is 1. The zero-order chi connectivity index (χ0) is 13.8. The lowest BCUT2D eigenvalue weighted by atomic mass is 10.0. The summed E-state index contributed by atoms with van der Waals surface area (Å²) in [4.78, 5) is 4.22. The van der Waals surface area contributed by atoms with Gasteiger partial charge < -0.3 is 14.5 Å². The van der Waals surface area contributed by atoms with Crippen molar-refractivity contribution in [2.45, 2.75) is 26.8 Å². The predicted molar refractivity (Wildman–Crippen MR) is 74.5 cm³/mol. The van der Waals surface area contributed by atoms with E-state index in [4.69, 9.17) is 9.15 Å². The maximum atomic E-state index is 5.63. The van der Waals surface area contributed by atoms with Crippen LogP contribution < -0.4 is 10.1 Å². The number of methoxy groups -OCH3 is 1. The minimum Gasteiger partial charge on any atom is -0.495 e. The number of rotatable bonds is 5. The van der Waals surface area contributed by atoms with Gasteiger partial charge in [-0.25, -0.2) is 0 Å². The van der Waals surface area contributed by atoms with E-state index >= 15 is 0 Å². The van der Waals surface area contributed by atoms with E-state index in [1.807, 2.05) is 26.1 Å². The highest BCUT2D eigenvalue weighted by molar-refractivity contribution is 5.36. The lowest BCUT2D eigenvalue weighted by molar-refractivity contribution is 0.411. The lowest BCUT2D eigenvalue weighted by Crippen LogP contribution is -2.22. The third-order valence-corrected chi connectivity index (χ3v) is 3.10. The number of aromatic nitrogens is 1. The Morgan fingerprint density at radius 1 is 1.32 bits per heavy atom. The van der Waals surface area contributed by atoms with Crippen LogP contribution in [0.1, 0.15) is 35.6 Å². The second-order valence-electron chi connectivity index (χ2n) is 4.52. The third-order valence-electron chi connectivity index (χ3n) is 3.10. The number of pyridine rings is 1. The Morgan fingerprint density at radius 2 is 2.11 bits per heavy atom. The number of ether oxygens (including phenoxy) is 1. The molecule has 1 N–H and O–H groups in total. The van der Waals surface area contributed by atoms with Crippen molar-refractivity contribution in [3.8, 4) is 5.75 Å². The van der Waals surface area contributed by atoms with Crippen molar-refractivity contribution in [1.82, 2.24) is 10.3 Å². The van der Waals surface area contributed by atoms with Gasteiger partial charge in [-0.15, -0.1) is 0 Å². The average Bonchev–Trinajstić information content (AvgIpc) is 2.75. The Kier molecular flexibility index (Phi) is 4.22. The van der Waals surface area contributed by atoms with E-state index < -0.39 is 0 Å². The van der Waals surface area contributed by atoms with Gasteiger partial charge in [0.1, 0.15) is 17.3 Å². The van der Waals surface area contributed by atoms with Crippen LogP contribution in [0.25, 0.3) is 0 Å². The second-order valence-corrected chi connectivity index (χ2v) is 4.52. The second kappa shape index (κ2) is 5.89. The van der Waals surface area contributed by atoms with E-state index in [9.17, 15) is 0 Å². The minimum atomic E-state index is 0.0741. The van der Waals surface area contributed by atoms with Crippen molar-refractivity contribution in [3.63, 3.8) is 0 Å². The van der Waals surface area contributed by atoms with Crippen molar-refractivity contribution >= 4 is 0 Å². The van der Waals surface area contributed by atoms with Crippen LogP contribution >= 0.6 is 0 Å². The molecule has 2 heterocycles. The molecule has 0 aliphatic rings. The fourth-order valence-corrected chi connectivity index (χ4v) is 2.25. The SMILES string of the molecule is CCNC(c1cncc(OC)c1)c1cc(C)oc1C. The zero-order valence-electron chi connectivity index (χ0n) is 11.9. The van der Waals surface area contributed by atoms with Crippen molar-refractivity contribution in [2.24, 2.45) is 0 Å². The highest BCUT2D eigenvalue weighted by atomic mass is 16.5. The van der Waals surface area contributed by atoms with Gasteiger partial charge in [-0.2, -0.15) is 0 Å². The molecule has 2 aromatic heterocycles. The Labute approximate surface area is 113 Å². The first kappa shape index (κ1) is 13.6. The maximum absolute atomic E-state index is 5.63. The largest absolute Gasteiger partial charge is 0.495 e. The van der Waals surface area contributed by atoms with E-state index in [0.29, 0.717) is 0 Å². The molecule has 0 radical (unpaired) electrons. The van der Waals surface area contributed by atoms with Crippen LogP contribution in [-0.4, -0.2) is 18.6 Å². The Morgan fingerprint density at radius 3 is 2.68 bits per heavy atom. The number of hydrogen-bond acceptors (Lipinski definition) is 4. The quantitative estimate of drug-likeness (QED) is 0.897. The van der Waals surface area contributed by atoms with Gasteiger partial charge in [0.15, 0.2) is 0 Å². The number of nitrogens with one attached hydrogen (secondary N) is 1. The normalized spacial score (nSPS) is 12.4. The number of hydrogen-bond donors (Lipinski definition) is 1. The van der Waals surface area contributed by atoms with Gasteiger partial charge >= 0.3 is 0 Å². The highest BCUT2D eigenvalue weighted by Gasteiger charge is 2.19. The van der Waals surface area contributed by atoms with Gasteiger partial charge in [-0.05, 0) is 38.1 Å². The van der Waals surface area contributed by atoms with Crippen LogP contribution in [0.3, 0.4) is 0 Å². The standard InChI is InChI=1S/C15H20N2O2/c1-5-17-15(14-6-10(2)19-11(14)3)12-7-13(18-4)9-16-8-12/h6-9,15,17H,5H2,1-4H3. The molecule has 0 fully saturated rings. The molecule has 2 rings (SSSR count). The van der Waals surface area contributed by atoms with Gasteiger partial charge in [0, 0.05) is 11.8 Å². The molecule has 1 atom stereocenters. The molecule has 0 aliphatic heterocycles. The van der Waals surface area contributed by atoms with E-state index in [0.717, 1.165) is 34.9 Å². The third kappa shape index (κ3) is 2.96. The number of aryl methyl sites for hydroxylation is 2. The van der Waals surface area contributed by atoms with E-state index in [-0.39, 0.29) is 6.04 Å². The molecule has 0 bridgehead atoms. The van der Waals surface area contributed by atoms with Crippen LogP contribution in [0.15, 0.2) is 28.9 Å². The van der Waals surface area contributed by atoms with Crippen molar-refractivity contribution in [1.29, 1.82) is 0 Å². The molecule has 0 amide bonds. The molecule has 0 aliphatic carbocycles. The van der Waals surface area contributed by atoms with Crippen LogP contribution in [0.5, 0.6) is 5.75 Å². The molecule has 19 heavy (non-hydrogen) atoms. The molecule has 0 saturated heterocycles. The maximum Gasteiger partial charge on any atom is 0.137 e. The minimum absolute atomic E-state index is 0.0741. The lowest BCUT2D eigenvalue weighted by Gasteiger charge is -2.18. The molecule has 1 unspecified atom stereocenters. The molecule has 0 spiro atoms. The average molecular weight is 260 g/mol. The fraction of sp³-hybridized carbons (Fsp3) is 0.400. The summed E-state index contributed by atoms with van der Waals surface area (Å²) < 4.78 is 10.9. The van der Waals surface area contributed by atoms with Crippen LogP contribution in [0, 0.1) is 13.8 Å². The molecule has 2 aromatic rings. The molecule has 102 valence electrons. The van der Waals surface area contributed by atoms with Crippen molar-refractivity contribution in [2.75, 3.05) is 13.7 Å². The highest BCUT2D eigenvalue weighted by Crippen LogP contribution is 2.28. The summed E-state index contributed by atoms with van der Waals surface area (Å²) in [5.41, 5.74) is 2.22. The van der Waals surface area contributed by atoms with E-state index in [1.165, 1.54) is 0 Å². The first-order chi connectivity index (χ1) is 9.15. The van der Waals surface area contributed by atoms with Crippen molar-refractivity contribution in [3.05, 3.63) is 47.2 Å². The van der Waals surface area contributed by atoms with Gasteiger partial charge in [-0.3, -0.25) is 4.98 Å². The summed E-state index contributed by atoms with van der Waals surface area (Å²) in [5.74, 6) is 2.62. The zero-order valence-corrected chi connectivity index (χ0v) is 11.9. The monoisotopic (exact) mass is 260 g/mol. The summed E-state index contributed by atoms with van der Waals surface area (Å²) in [6.07, 6.45) is 3.57. The number of nitrogens with zero attached hydrogens (tertiary/aromatic N) is 1. The van der Waals surface area contributed by atoms with Gasteiger partial charge in [-0.1, -0.05) is 6.92 Å². The topological polar surface area (TPSA) is 47.3 Å². The molecule has 4 heteroatoms. The Hall–Kier alpha value is -1.81. The van der Waals surface area contributed by atoms with E-state index in [2.05, 4.69) is 23.3 Å². The summed E-state index contributed by atoms with van der Waals surface area (Å²) in [6, 6.07) is 4.15. The van der Waals surface area contributed by atoms with Crippen LogP contribution in [-0.2, 0) is 0 Å². The molecule has 0 saturated carbocycles. The van der Waals surface area contributed by atoms with Crippen LogP contribution in [0.2, 0.25) is 0 Å². The summed E-state index contributed by atoms with van der Waals surface area (Å²) in [5, 5.41) is 3.47. The first-order valence-corrected chi connectivity index (χ1v) is 6.45. The summed E-state index contributed by atoms with van der Waals surface area (Å²) >= 11 is 0. The first-order valence-electron chi connectivity index (χ1n) is 6.45. The molecular weight excluding hydrogens is 240 g/mol. The Bertz CT molecular complexity index is 549. The van der Waals surface area contributed by atoms with E-state index in [1.54, 1.807) is 13.3 Å². The predicted octanol–water partition coefficient (Wildman–Crippen LogP) is 3.00.